The third-order valence-electron chi connectivity index (χ3n) is 11.8. The Bertz CT molecular complexity index is 901. The number of fused-ring (bicyclic) bond motifs is 5. The largest absolute Gasteiger partial charge is 0.462 e. The second-order valence-electron chi connectivity index (χ2n) is 14.0. The second kappa shape index (κ2) is 12.1. The van der Waals surface area contributed by atoms with Crippen LogP contribution in [0.15, 0.2) is 0 Å². The molecule has 6 nitrogen and oxygen atoms in total. The molecule has 9 atom stereocenters. The summed E-state index contributed by atoms with van der Waals surface area (Å²) in [7, 11) is 0. The van der Waals surface area contributed by atoms with Crippen molar-refractivity contribution in [2.24, 2.45) is 34.5 Å². The maximum atomic E-state index is 12.6. The van der Waals surface area contributed by atoms with Crippen LogP contribution in [0.3, 0.4) is 0 Å². The molecular formula is C33H54O6. The first-order chi connectivity index (χ1) is 18.5. The maximum absolute atomic E-state index is 12.6. The molecule has 4 fully saturated rings. The van der Waals surface area contributed by atoms with Gasteiger partial charge in [-0.25, -0.2) is 0 Å². The SMILES string of the molecule is CCCCCCCC[C@H]1CC[C@H]2C3C[C@@H](OC(C)=O)[C@@]4(OC(C)=O)C[C@@H](OC(C)=O)CC[C@]4(C)C3CC[C@]12C. The fourth-order valence-corrected chi connectivity index (χ4v) is 10.1. The van der Waals surface area contributed by atoms with Gasteiger partial charge in [0, 0.05) is 32.6 Å². The minimum Gasteiger partial charge on any atom is -0.462 e. The van der Waals surface area contributed by atoms with Crippen LogP contribution < -0.4 is 0 Å². The van der Waals surface area contributed by atoms with Crippen molar-refractivity contribution < 1.29 is 28.6 Å². The van der Waals surface area contributed by atoms with Crippen molar-refractivity contribution in [1.82, 2.24) is 0 Å². The average molecular weight is 547 g/mol. The maximum Gasteiger partial charge on any atom is 0.303 e. The third-order valence-corrected chi connectivity index (χ3v) is 11.8. The van der Waals surface area contributed by atoms with Gasteiger partial charge >= 0.3 is 17.9 Å². The van der Waals surface area contributed by atoms with Crippen LogP contribution in [0.25, 0.3) is 0 Å². The first-order valence-electron chi connectivity index (χ1n) is 16.0. The van der Waals surface area contributed by atoms with E-state index in [1.165, 1.54) is 85.0 Å². The summed E-state index contributed by atoms with van der Waals surface area (Å²) in [5.41, 5.74) is -0.983. The highest BCUT2D eigenvalue weighted by molar-refractivity contribution is 5.68. The zero-order valence-corrected chi connectivity index (χ0v) is 25.5. The van der Waals surface area contributed by atoms with E-state index in [-0.39, 0.29) is 29.4 Å². The summed E-state index contributed by atoms with van der Waals surface area (Å²) in [6.45, 7) is 11.4. The van der Waals surface area contributed by atoms with Gasteiger partial charge in [-0.3, -0.25) is 14.4 Å². The number of hydrogen-bond donors (Lipinski definition) is 0. The van der Waals surface area contributed by atoms with Crippen molar-refractivity contribution in [3.8, 4) is 0 Å². The molecule has 4 aliphatic carbocycles. The highest BCUT2D eigenvalue weighted by atomic mass is 16.6. The molecule has 0 aromatic carbocycles. The molecule has 4 rings (SSSR count). The molecule has 0 heterocycles. The summed E-state index contributed by atoms with van der Waals surface area (Å²) in [6, 6.07) is 0. The predicted octanol–water partition coefficient (Wildman–Crippen LogP) is 7.55. The van der Waals surface area contributed by atoms with Gasteiger partial charge in [-0.2, -0.15) is 0 Å². The smallest absolute Gasteiger partial charge is 0.303 e. The lowest BCUT2D eigenvalue weighted by molar-refractivity contribution is -0.279. The second-order valence-corrected chi connectivity index (χ2v) is 14.0. The Morgan fingerprint density at radius 2 is 1.46 bits per heavy atom. The molecule has 0 N–H and O–H groups in total. The van der Waals surface area contributed by atoms with E-state index in [9.17, 15) is 14.4 Å². The molecular weight excluding hydrogens is 492 g/mol. The Morgan fingerprint density at radius 3 is 2.13 bits per heavy atom. The summed E-state index contributed by atoms with van der Waals surface area (Å²) < 4.78 is 18.1. The van der Waals surface area contributed by atoms with Crippen LogP contribution in [0.4, 0.5) is 0 Å². The molecule has 6 heteroatoms. The van der Waals surface area contributed by atoms with E-state index in [1.807, 2.05) is 0 Å². The van der Waals surface area contributed by atoms with Gasteiger partial charge in [0.15, 0.2) is 5.60 Å². The summed E-state index contributed by atoms with van der Waals surface area (Å²) in [5, 5.41) is 0. The molecule has 0 spiro atoms. The van der Waals surface area contributed by atoms with Crippen LogP contribution in [0.2, 0.25) is 0 Å². The number of carbonyl (C=O) groups excluding carboxylic acids is 3. The minimum atomic E-state index is -0.978. The average Bonchev–Trinajstić information content (AvgIpc) is 3.18. The van der Waals surface area contributed by atoms with Crippen molar-refractivity contribution in [2.45, 2.75) is 156 Å². The van der Waals surface area contributed by atoms with E-state index in [2.05, 4.69) is 20.8 Å². The van der Waals surface area contributed by atoms with Gasteiger partial charge in [0.25, 0.3) is 0 Å². The Hall–Kier alpha value is -1.59. The molecule has 4 saturated carbocycles. The van der Waals surface area contributed by atoms with Gasteiger partial charge in [0.1, 0.15) is 12.2 Å². The molecule has 2 unspecified atom stereocenters. The van der Waals surface area contributed by atoms with Crippen molar-refractivity contribution in [3.63, 3.8) is 0 Å². The van der Waals surface area contributed by atoms with Crippen molar-refractivity contribution in [2.75, 3.05) is 0 Å². The summed E-state index contributed by atoms with van der Waals surface area (Å²) in [5.74, 6) is 1.20. The van der Waals surface area contributed by atoms with E-state index in [1.54, 1.807) is 0 Å². The van der Waals surface area contributed by atoms with Gasteiger partial charge in [-0.05, 0) is 80.5 Å². The highest BCUT2D eigenvalue weighted by Gasteiger charge is 2.70. The fraction of sp³-hybridized carbons (Fsp3) is 0.909. The number of carbonyl (C=O) groups is 3. The molecule has 4 aliphatic rings. The quantitative estimate of drug-likeness (QED) is 0.160. The number of rotatable bonds is 10. The Kier molecular flexibility index (Phi) is 9.43. The third kappa shape index (κ3) is 5.77. The number of ether oxygens (including phenoxy) is 3. The van der Waals surface area contributed by atoms with E-state index >= 15 is 0 Å². The first kappa shape index (κ1) is 30.4. The Balaban J connectivity index is 1.59. The van der Waals surface area contributed by atoms with Gasteiger partial charge in [0.2, 0.25) is 0 Å². The highest BCUT2D eigenvalue weighted by Crippen LogP contribution is 2.70. The molecule has 0 bridgehead atoms. The molecule has 0 saturated heterocycles. The monoisotopic (exact) mass is 546 g/mol. The van der Waals surface area contributed by atoms with Crippen LogP contribution in [0.5, 0.6) is 0 Å². The minimum absolute atomic E-state index is 0.324. The number of hydrogen-bond acceptors (Lipinski definition) is 6. The molecule has 0 aliphatic heterocycles. The lowest BCUT2D eigenvalue weighted by Crippen LogP contribution is -2.70. The molecule has 222 valence electrons. The summed E-state index contributed by atoms with van der Waals surface area (Å²) in [6.07, 6.45) is 16.1. The lowest BCUT2D eigenvalue weighted by Gasteiger charge is -2.66. The van der Waals surface area contributed by atoms with Crippen molar-refractivity contribution in [1.29, 1.82) is 0 Å². The van der Waals surface area contributed by atoms with Gasteiger partial charge in [-0.15, -0.1) is 0 Å². The topological polar surface area (TPSA) is 78.9 Å². The Morgan fingerprint density at radius 1 is 0.769 bits per heavy atom. The number of unbranched alkanes of at least 4 members (excludes halogenated alkanes) is 5. The molecule has 0 aromatic heterocycles. The van der Waals surface area contributed by atoms with Crippen LogP contribution in [-0.4, -0.2) is 35.7 Å². The first-order valence-corrected chi connectivity index (χ1v) is 16.0. The zero-order chi connectivity index (χ0) is 28.4. The summed E-state index contributed by atoms with van der Waals surface area (Å²) in [4.78, 5) is 36.9. The van der Waals surface area contributed by atoms with Crippen LogP contribution in [0, 0.1) is 34.5 Å². The molecule has 39 heavy (non-hydrogen) atoms. The van der Waals surface area contributed by atoms with Gasteiger partial charge < -0.3 is 14.2 Å². The fourth-order valence-electron chi connectivity index (χ4n) is 10.1. The molecule has 0 amide bonds. The van der Waals surface area contributed by atoms with Crippen LogP contribution in [-0.2, 0) is 28.6 Å². The van der Waals surface area contributed by atoms with E-state index < -0.39 is 11.7 Å². The number of esters is 3. The Labute approximate surface area is 236 Å². The standard InChI is InChI=1S/C33H54O6/c1-7-8-9-10-11-12-13-25-14-15-28-27-20-30(38-23(3)35)33(39-24(4)36)21-26(37-22(2)34)16-19-32(33,6)29(27)17-18-31(25,28)5/h25-30H,7-21H2,1-6H3/t25-,26-,27?,28-,29?,30+,31+,32+,33-/m0/s1. The normalized spacial score (nSPS) is 41.1. The van der Waals surface area contributed by atoms with E-state index in [4.69, 9.17) is 14.2 Å². The summed E-state index contributed by atoms with van der Waals surface area (Å²) >= 11 is 0. The van der Waals surface area contributed by atoms with Crippen molar-refractivity contribution in [3.05, 3.63) is 0 Å². The predicted molar refractivity (Wildman–Crippen MR) is 151 cm³/mol. The van der Waals surface area contributed by atoms with Crippen molar-refractivity contribution >= 4 is 17.9 Å². The zero-order valence-electron chi connectivity index (χ0n) is 25.5. The van der Waals surface area contributed by atoms with Crippen LogP contribution >= 0.6 is 0 Å². The lowest BCUT2D eigenvalue weighted by atomic mass is 9.42. The van der Waals surface area contributed by atoms with Crippen LogP contribution in [0.1, 0.15) is 138 Å². The van der Waals surface area contributed by atoms with E-state index in [0.717, 1.165) is 31.6 Å². The van der Waals surface area contributed by atoms with Gasteiger partial charge in [0.05, 0.1) is 0 Å². The molecule has 0 aromatic rings. The van der Waals surface area contributed by atoms with E-state index in [0.29, 0.717) is 29.6 Å². The molecule has 0 radical (unpaired) electrons. The van der Waals surface area contributed by atoms with Gasteiger partial charge in [-0.1, -0.05) is 59.3 Å².